The summed E-state index contributed by atoms with van der Waals surface area (Å²) >= 11 is 0. The molecule has 0 radical (unpaired) electrons. The van der Waals surface area contributed by atoms with Gasteiger partial charge in [-0.2, -0.15) is 0 Å². The quantitative estimate of drug-likeness (QED) is 0.442. The first kappa shape index (κ1) is 15.2. The van der Waals surface area contributed by atoms with Gasteiger partial charge in [0.15, 0.2) is 0 Å². The predicted molar refractivity (Wildman–Crippen MR) is 61.1 cm³/mol. The van der Waals surface area contributed by atoms with Crippen molar-refractivity contribution in [3.8, 4) is 0 Å². The molecule has 0 aromatic rings. The summed E-state index contributed by atoms with van der Waals surface area (Å²) in [5.41, 5.74) is 0. The van der Waals surface area contributed by atoms with Crippen LogP contribution in [0.3, 0.4) is 0 Å². The molecule has 13 heavy (non-hydrogen) atoms. The molecule has 1 fully saturated rings. The molecule has 0 aliphatic carbocycles. The number of epoxide rings is 1. The highest BCUT2D eigenvalue weighted by Crippen LogP contribution is 2.18. The molecular formula is C12H26O. The van der Waals surface area contributed by atoms with E-state index in [2.05, 4.69) is 27.7 Å². The van der Waals surface area contributed by atoms with Gasteiger partial charge in [0, 0.05) is 0 Å². The summed E-state index contributed by atoms with van der Waals surface area (Å²) in [6, 6.07) is 0. The van der Waals surface area contributed by atoms with E-state index < -0.39 is 0 Å². The van der Waals surface area contributed by atoms with Crippen LogP contribution >= 0.6 is 0 Å². The lowest BCUT2D eigenvalue weighted by Crippen LogP contribution is -1.74. The van der Waals surface area contributed by atoms with E-state index in [0.29, 0.717) is 12.2 Å². The Balaban J connectivity index is 0. The lowest BCUT2D eigenvalue weighted by atomic mass is 10.4. The van der Waals surface area contributed by atoms with Crippen LogP contribution in [0.1, 0.15) is 54.4 Å². The minimum atomic E-state index is 0.551. The smallest absolute Gasteiger partial charge is 0.0811 e. The van der Waals surface area contributed by atoms with E-state index in [1.165, 1.54) is 12.8 Å². The molecule has 0 spiro atoms. The average molecular weight is 186 g/mol. The molecular weight excluding hydrogens is 160 g/mol. The summed E-state index contributed by atoms with van der Waals surface area (Å²) in [4.78, 5) is 0. The third-order valence-corrected chi connectivity index (χ3v) is 1.85. The lowest BCUT2D eigenvalue weighted by molar-refractivity contribution is 0.389. The SMILES string of the molecule is C/C=C\C.CC1OC1C.CCCC. The molecule has 1 aliphatic heterocycles. The summed E-state index contributed by atoms with van der Waals surface area (Å²) in [6.45, 7) is 12.5. The van der Waals surface area contributed by atoms with Gasteiger partial charge in [-0.25, -0.2) is 0 Å². The van der Waals surface area contributed by atoms with Crippen molar-refractivity contribution >= 4 is 0 Å². The molecule has 1 heterocycles. The van der Waals surface area contributed by atoms with Gasteiger partial charge in [-0.3, -0.25) is 0 Å². The van der Waals surface area contributed by atoms with Crippen LogP contribution in [0.4, 0.5) is 0 Å². The number of hydrogen-bond donors (Lipinski definition) is 0. The molecule has 0 saturated carbocycles. The molecule has 80 valence electrons. The average Bonchev–Trinajstić information content (AvgIpc) is 2.80. The van der Waals surface area contributed by atoms with E-state index in [1.54, 1.807) is 0 Å². The third-order valence-electron chi connectivity index (χ3n) is 1.85. The fraction of sp³-hybridized carbons (Fsp3) is 0.833. The van der Waals surface area contributed by atoms with E-state index in [9.17, 15) is 0 Å². The topological polar surface area (TPSA) is 12.5 Å². The maximum atomic E-state index is 4.92. The molecule has 0 bridgehead atoms. The van der Waals surface area contributed by atoms with E-state index in [4.69, 9.17) is 4.74 Å². The van der Waals surface area contributed by atoms with Gasteiger partial charge in [-0.1, -0.05) is 38.8 Å². The van der Waals surface area contributed by atoms with Crippen molar-refractivity contribution in [2.75, 3.05) is 0 Å². The van der Waals surface area contributed by atoms with Gasteiger partial charge in [-0.15, -0.1) is 0 Å². The molecule has 0 N–H and O–H groups in total. The number of hydrogen-bond acceptors (Lipinski definition) is 1. The first-order valence-electron chi connectivity index (χ1n) is 5.36. The van der Waals surface area contributed by atoms with Crippen molar-refractivity contribution in [1.29, 1.82) is 0 Å². The van der Waals surface area contributed by atoms with Crippen LogP contribution in [0.2, 0.25) is 0 Å². The van der Waals surface area contributed by atoms with Crippen LogP contribution < -0.4 is 0 Å². The van der Waals surface area contributed by atoms with Crippen LogP contribution in [0.25, 0.3) is 0 Å². The van der Waals surface area contributed by atoms with Crippen LogP contribution in [-0.2, 0) is 4.74 Å². The predicted octanol–water partition coefficient (Wildman–Crippen LogP) is 4.18. The van der Waals surface area contributed by atoms with Gasteiger partial charge >= 0.3 is 0 Å². The summed E-state index contributed by atoms with van der Waals surface area (Å²) < 4.78 is 4.92. The van der Waals surface area contributed by atoms with Gasteiger partial charge in [0.25, 0.3) is 0 Å². The molecule has 0 aromatic carbocycles. The van der Waals surface area contributed by atoms with Crippen LogP contribution in [0.5, 0.6) is 0 Å². The van der Waals surface area contributed by atoms with Gasteiger partial charge in [0.05, 0.1) is 12.2 Å². The largest absolute Gasteiger partial charge is 0.370 e. The number of unbranched alkanes of at least 4 members (excludes halogenated alkanes) is 1. The van der Waals surface area contributed by atoms with Gasteiger partial charge in [0.2, 0.25) is 0 Å². The standard InChI is InChI=1S/C4H8O.C4H10.C4H8/c1-3-4(2)5-3;2*1-3-4-2/h3-4H,1-2H3;3-4H2,1-2H3;3-4H,1-2H3/b;;4-3-. The second-order valence-corrected chi connectivity index (χ2v) is 3.21. The molecule has 1 nitrogen and oxygen atoms in total. The molecule has 0 amide bonds. The van der Waals surface area contributed by atoms with Gasteiger partial charge in [0.1, 0.15) is 0 Å². The molecule has 2 unspecified atom stereocenters. The van der Waals surface area contributed by atoms with Crippen LogP contribution in [0, 0.1) is 0 Å². The molecule has 1 aliphatic rings. The Bertz CT molecular complexity index is 95.7. The zero-order chi connectivity index (χ0) is 10.7. The molecule has 1 saturated heterocycles. The minimum absolute atomic E-state index is 0.551. The fourth-order valence-electron chi connectivity index (χ4n) is 0.293. The number of ether oxygens (including phenoxy) is 1. The van der Waals surface area contributed by atoms with E-state index in [0.717, 1.165) is 0 Å². The van der Waals surface area contributed by atoms with Crippen molar-refractivity contribution in [3.05, 3.63) is 12.2 Å². The van der Waals surface area contributed by atoms with Crippen molar-refractivity contribution in [2.45, 2.75) is 66.6 Å². The maximum Gasteiger partial charge on any atom is 0.0811 e. The zero-order valence-corrected chi connectivity index (χ0v) is 10.1. The molecule has 0 aromatic heterocycles. The second kappa shape index (κ2) is 11.7. The van der Waals surface area contributed by atoms with Crippen molar-refractivity contribution in [2.24, 2.45) is 0 Å². The fourth-order valence-corrected chi connectivity index (χ4v) is 0.293. The lowest BCUT2D eigenvalue weighted by Gasteiger charge is -1.68. The first-order chi connectivity index (χ1) is 6.13. The van der Waals surface area contributed by atoms with Gasteiger partial charge in [-0.05, 0) is 27.7 Å². The summed E-state index contributed by atoms with van der Waals surface area (Å²) in [5, 5.41) is 0. The Labute approximate surface area is 84.2 Å². The van der Waals surface area contributed by atoms with Crippen LogP contribution in [0.15, 0.2) is 12.2 Å². The van der Waals surface area contributed by atoms with E-state index in [-0.39, 0.29) is 0 Å². The number of rotatable bonds is 1. The Hall–Kier alpha value is -0.300. The molecule has 1 heteroatoms. The summed E-state index contributed by atoms with van der Waals surface area (Å²) in [6.07, 6.45) is 7.74. The maximum absolute atomic E-state index is 4.92. The van der Waals surface area contributed by atoms with Crippen molar-refractivity contribution in [1.82, 2.24) is 0 Å². The first-order valence-corrected chi connectivity index (χ1v) is 5.36. The Morgan fingerprint density at radius 1 is 0.923 bits per heavy atom. The Kier molecular flexibility index (Phi) is 13.7. The minimum Gasteiger partial charge on any atom is -0.370 e. The monoisotopic (exact) mass is 186 g/mol. The van der Waals surface area contributed by atoms with Crippen molar-refractivity contribution < 1.29 is 4.74 Å². The highest BCUT2D eigenvalue weighted by Gasteiger charge is 2.27. The Morgan fingerprint density at radius 2 is 1.15 bits per heavy atom. The third kappa shape index (κ3) is 18.6. The summed E-state index contributed by atoms with van der Waals surface area (Å²) in [7, 11) is 0. The number of allylic oxidation sites excluding steroid dienone is 2. The highest BCUT2D eigenvalue weighted by atomic mass is 16.6. The molecule has 2 atom stereocenters. The zero-order valence-electron chi connectivity index (χ0n) is 10.1. The van der Waals surface area contributed by atoms with Crippen molar-refractivity contribution in [3.63, 3.8) is 0 Å². The normalized spacial score (nSPS) is 24.2. The summed E-state index contributed by atoms with van der Waals surface area (Å²) in [5.74, 6) is 0. The molecule has 1 rings (SSSR count). The second-order valence-electron chi connectivity index (χ2n) is 3.21. The highest BCUT2D eigenvalue weighted by molar-refractivity contribution is 4.73. The van der Waals surface area contributed by atoms with Gasteiger partial charge < -0.3 is 4.74 Å². The van der Waals surface area contributed by atoms with E-state index in [1.807, 2.05) is 26.0 Å². The van der Waals surface area contributed by atoms with E-state index >= 15 is 0 Å². The Morgan fingerprint density at radius 3 is 1.15 bits per heavy atom. The van der Waals surface area contributed by atoms with Crippen LogP contribution in [-0.4, -0.2) is 12.2 Å².